The molecule has 0 radical (unpaired) electrons. The molecule has 0 saturated heterocycles. The molecule has 1 aliphatic heterocycles. The Labute approximate surface area is 239 Å². The van der Waals surface area contributed by atoms with Gasteiger partial charge in [-0.1, -0.05) is 66.7 Å². The lowest BCUT2D eigenvalue weighted by Crippen LogP contribution is -2.30. The van der Waals surface area contributed by atoms with Crippen LogP contribution in [0.4, 0.5) is 0 Å². The Bertz CT molecular complexity index is 1710. The van der Waals surface area contributed by atoms with Crippen LogP contribution >= 0.6 is 22.7 Å². The Morgan fingerprint density at radius 1 is 0.950 bits per heavy atom. The van der Waals surface area contributed by atoms with Gasteiger partial charge in [0.1, 0.15) is 16.5 Å². The summed E-state index contributed by atoms with van der Waals surface area (Å²) in [4.78, 5) is 35.1. The van der Waals surface area contributed by atoms with Crippen LogP contribution in [0.5, 0.6) is 11.5 Å². The fourth-order valence-electron chi connectivity index (χ4n) is 4.77. The van der Waals surface area contributed by atoms with Gasteiger partial charge in [-0.3, -0.25) is 9.59 Å². The molecule has 1 amide bonds. The van der Waals surface area contributed by atoms with Gasteiger partial charge in [0, 0.05) is 10.4 Å². The topological polar surface area (TPSA) is 79.7 Å². The molecular formula is C32H24N2O4S2. The molecule has 2 aromatic heterocycles. The number of amides is 1. The number of para-hydroxylation sites is 1. The molecular weight excluding hydrogens is 540 g/mol. The van der Waals surface area contributed by atoms with E-state index in [9.17, 15) is 14.7 Å². The number of carbonyl (C=O) groups excluding carboxylic acids is 2. The first kappa shape index (κ1) is 25.7. The van der Waals surface area contributed by atoms with Crippen LogP contribution in [0, 0.1) is 6.92 Å². The summed E-state index contributed by atoms with van der Waals surface area (Å²) in [7, 11) is 0. The van der Waals surface area contributed by atoms with Crippen LogP contribution < -0.4 is 4.74 Å². The van der Waals surface area contributed by atoms with Crippen LogP contribution in [-0.2, 0) is 11.3 Å². The molecule has 1 atom stereocenters. The number of Topliss-reactive ketones (excluding diaryl/α,β-unsaturated/α-hetero) is 1. The molecule has 0 fully saturated rings. The highest BCUT2D eigenvalue weighted by molar-refractivity contribution is 7.17. The average Bonchev–Trinajstić information content (AvgIpc) is 3.70. The number of benzene rings is 3. The maximum atomic E-state index is 14.1. The van der Waals surface area contributed by atoms with Gasteiger partial charge in [-0.15, -0.1) is 22.7 Å². The summed E-state index contributed by atoms with van der Waals surface area (Å²) < 4.78 is 6.05. The number of ether oxygens (including phenoxy) is 1. The second-order valence-corrected chi connectivity index (χ2v) is 11.3. The number of ketones is 1. The summed E-state index contributed by atoms with van der Waals surface area (Å²) >= 11 is 2.77. The summed E-state index contributed by atoms with van der Waals surface area (Å²) in [6.07, 6.45) is 0. The van der Waals surface area contributed by atoms with E-state index in [1.165, 1.54) is 22.7 Å². The molecule has 1 N–H and O–H groups in total. The number of aromatic nitrogens is 1. The number of aryl methyl sites for hydroxylation is 1. The lowest BCUT2D eigenvalue weighted by atomic mass is 9.95. The van der Waals surface area contributed by atoms with Gasteiger partial charge in [0.25, 0.3) is 5.91 Å². The van der Waals surface area contributed by atoms with Crippen LogP contribution in [0.2, 0.25) is 0 Å². The number of hydrogen-bond acceptors (Lipinski definition) is 7. The highest BCUT2D eigenvalue weighted by Gasteiger charge is 2.44. The van der Waals surface area contributed by atoms with Crippen LogP contribution in [0.15, 0.2) is 114 Å². The predicted molar refractivity (Wildman–Crippen MR) is 157 cm³/mol. The van der Waals surface area contributed by atoms with E-state index >= 15 is 0 Å². The van der Waals surface area contributed by atoms with Crippen molar-refractivity contribution in [3.05, 3.63) is 135 Å². The first-order chi connectivity index (χ1) is 19.5. The monoisotopic (exact) mass is 564 g/mol. The molecule has 198 valence electrons. The van der Waals surface area contributed by atoms with E-state index < -0.39 is 23.5 Å². The number of aliphatic hydroxyl groups is 1. The Balaban J connectivity index is 1.41. The molecule has 3 heterocycles. The highest BCUT2D eigenvalue weighted by Crippen LogP contribution is 2.43. The van der Waals surface area contributed by atoms with E-state index in [-0.39, 0.29) is 12.1 Å². The maximum absolute atomic E-state index is 14.1. The zero-order valence-corrected chi connectivity index (χ0v) is 23.1. The normalized spacial score (nSPS) is 15.1. The van der Waals surface area contributed by atoms with Gasteiger partial charge in [0.2, 0.25) is 5.78 Å². The lowest BCUT2D eigenvalue weighted by Gasteiger charge is -2.26. The van der Waals surface area contributed by atoms with E-state index in [0.717, 1.165) is 10.4 Å². The zero-order chi connectivity index (χ0) is 27.6. The number of thiazole rings is 1. The number of carbonyl (C=O) groups is 2. The van der Waals surface area contributed by atoms with Crippen molar-refractivity contribution in [1.29, 1.82) is 0 Å². The van der Waals surface area contributed by atoms with Crippen LogP contribution in [0.1, 0.15) is 31.8 Å². The average molecular weight is 565 g/mol. The molecule has 3 aromatic carbocycles. The van der Waals surface area contributed by atoms with Gasteiger partial charge in [-0.2, -0.15) is 0 Å². The van der Waals surface area contributed by atoms with E-state index in [2.05, 4.69) is 4.98 Å². The van der Waals surface area contributed by atoms with E-state index in [0.29, 0.717) is 32.6 Å². The van der Waals surface area contributed by atoms with Crippen molar-refractivity contribution in [2.45, 2.75) is 19.5 Å². The SMILES string of the molecule is Cc1nc(-c2ccccc2)sc1C(=O)C1=C(O)C(=O)N(Cc2cccs2)C1c1cccc(Oc2ccccc2)c1. The van der Waals surface area contributed by atoms with Crippen molar-refractivity contribution < 1.29 is 19.4 Å². The molecule has 0 saturated carbocycles. The number of thiophene rings is 1. The minimum absolute atomic E-state index is 0.0461. The number of rotatable bonds is 8. The van der Waals surface area contributed by atoms with Crippen LogP contribution in [0.3, 0.4) is 0 Å². The first-order valence-electron chi connectivity index (χ1n) is 12.7. The zero-order valence-electron chi connectivity index (χ0n) is 21.5. The molecule has 6 rings (SSSR count). The van der Waals surface area contributed by atoms with Crippen molar-refractivity contribution in [3.8, 4) is 22.1 Å². The third-order valence-electron chi connectivity index (χ3n) is 6.63. The van der Waals surface area contributed by atoms with Crippen molar-refractivity contribution >= 4 is 34.4 Å². The van der Waals surface area contributed by atoms with Gasteiger partial charge in [0.05, 0.1) is 28.7 Å². The molecule has 1 unspecified atom stereocenters. The fraction of sp³-hybridized carbons (Fsp3) is 0.0938. The van der Waals surface area contributed by atoms with Crippen molar-refractivity contribution in [3.63, 3.8) is 0 Å². The molecule has 0 spiro atoms. The second-order valence-electron chi connectivity index (χ2n) is 9.29. The summed E-state index contributed by atoms with van der Waals surface area (Å²) in [5, 5.41) is 13.8. The Kier molecular flexibility index (Phi) is 7.02. The third kappa shape index (κ3) is 4.95. The van der Waals surface area contributed by atoms with E-state index in [1.807, 2.05) is 102 Å². The largest absolute Gasteiger partial charge is 0.503 e. The quantitative estimate of drug-likeness (QED) is 0.195. The summed E-state index contributed by atoms with van der Waals surface area (Å²) in [5.41, 5.74) is 2.16. The summed E-state index contributed by atoms with van der Waals surface area (Å²) in [5.74, 6) is -0.292. The Morgan fingerprint density at radius 3 is 2.40 bits per heavy atom. The van der Waals surface area contributed by atoms with Gasteiger partial charge in [-0.05, 0) is 48.2 Å². The van der Waals surface area contributed by atoms with Crippen LogP contribution in [-0.4, -0.2) is 26.7 Å². The Morgan fingerprint density at radius 2 is 1.68 bits per heavy atom. The lowest BCUT2D eigenvalue weighted by molar-refractivity contribution is -0.130. The van der Waals surface area contributed by atoms with Gasteiger partial charge in [0.15, 0.2) is 5.76 Å². The van der Waals surface area contributed by atoms with Gasteiger partial charge >= 0.3 is 0 Å². The fourth-order valence-corrected chi connectivity index (χ4v) is 6.50. The summed E-state index contributed by atoms with van der Waals surface area (Å²) in [6, 6.07) is 29.4. The predicted octanol–water partition coefficient (Wildman–Crippen LogP) is 7.75. The maximum Gasteiger partial charge on any atom is 0.290 e. The van der Waals surface area contributed by atoms with Gasteiger partial charge in [-0.25, -0.2) is 4.98 Å². The molecule has 5 aromatic rings. The Hall–Kier alpha value is -4.53. The molecule has 0 aliphatic carbocycles. The van der Waals surface area contributed by atoms with Crippen LogP contribution in [0.25, 0.3) is 10.6 Å². The number of nitrogens with zero attached hydrogens (tertiary/aromatic N) is 2. The van der Waals surface area contributed by atoms with E-state index in [1.54, 1.807) is 11.8 Å². The minimum Gasteiger partial charge on any atom is -0.503 e. The van der Waals surface area contributed by atoms with Gasteiger partial charge < -0.3 is 14.7 Å². The molecule has 0 bridgehead atoms. The molecule has 6 nitrogen and oxygen atoms in total. The standard InChI is InChI=1S/C32H24N2O4S2/c1-20-30(40-31(33-20)21-10-4-2-5-11-21)28(35)26-27(34(32(37)29(26)36)19-25-16-9-17-39-25)22-12-8-15-24(18-22)38-23-13-6-3-7-14-23/h2-18,27,36H,19H2,1H3. The minimum atomic E-state index is -0.803. The third-order valence-corrected chi connectivity index (χ3v) is 8.70. The van der Waals surface area contributed by atoms with Crippen molar-refractivity contribution in [2.75, 3.05) is 0 Å². The van der Waals surface area contributed by atoms with E-state index in [4.69, 9.17) is 4.74 Å². The van der Waals surface area contributed by atoms with Crippen molar-refractivity contribution in [2.24, 2.45) is 0 Å². The molecule has 40 heavy (non-hydrogen) atoms. The molecule has 8 heteroatoms. The molecule has 1 aliphatic rings. The summed E-state index contributed by atoms with van der Waals surface area (Å²) in [6.45, 7) is 2.03. The number of aliphatic hydroxyl groups excluding tert-OH is 1. The van der Waals surface area contributed by atoms with Crippen molar-refractivity contribution in [1.82, 2.24) is 9.88 Å². The first-order valence-corrected chi connectivity index (χ1v) is 14.4. The highest BCUT2D eigenvalue weighted by atomic mass is 32.1. The smallest absolute Gasteiger partial charge is 0.290 e. The number of hydrogen-bond donors (Lipinski definition) is 1. The second kappa shape index (κ2) is 10.9.